The lowest BCUT2D eigenvalue weighted by Gasteiger charge is -2.39. The highest BCUT2D eigenvalue weighted by molar-refractivity contribution is 5.76. The minimum atomic E-state index is -0.512. The fourth-order valence-corrected chi connectivity index (χ4v) is 3.73. The molecule has 0 saturated carbocycles. The van der Waals surface area contributed by atoms with E-state index in [2.05, 4.69) is 5.16 Å². The average molecular weight is 394 g/mol. The highest BCUT2D eigenvalue weighted by atomic mass is 16.6. The molecule has 3 fully saturated rings. The van der Waals surface area contributed by atoms with Crippen molar-refractivity contribution >= 4 is 12.1 Å². The Balaban J connectivity index is 1.25. The number of rotatable bonds is 4. The van der Waals surface area contributed by atoms with Crippen LogP contribution in [-0.2, 0) is 16.1 Å². The van der Waals surface area contributed by atoms with Gasteiger partial charge < -0.3 is 23.8 Å². The van der Waals surface area contributed by atoms with Crippen LogP contribution in [0.1, 0.15) is 51.1 Å². The number of aromatic nitrogens is 1. The number of hydrogen-bond donors (Lipinski definition) is 1. The summed E-state index contributed by atoms with van der Waals surface area (Å²) in [7, 11) is 0. The summed E-state index contributed by atoms with van der Waals surface area (Å²) in [5.74, 6) is 0.570. The van der Waals surface area contributed by atoms with E-state index in [9.17, 15) is 14.8 Å². The van der Waals surface area contributed by atoms with Gasteiger partial charge in [-0.3, -0.25) is 5.21 Å². The minimum absolute atomic E-state index is 0.0698. The monoisotopic (exact) mass is 394 g/mol. The second-order valence-electron chi connectivity index (χ2n) is 8.56. The van der Waals surface area contributed by atoms with Crippen LogP contribution in [0, 0.1) is 0 Å². The van der Waals surface area contributed by atoms with Gasteiger partial charge in [0.2, 0.25) is 0 Å². The largest absolute Gasteiger partial charge is 0.444 e. The summed E-state index contributed by atoms with van der Waals surface area (Å²) < 4.78 is 16.4. The first-order valence-corrected chi connectivity index (χ1v) is 9.55. The van der Waals surface area contributed by atoms with Crippen LogP contribution in [-0.4, -0.2) is 74.7 Å². The predicted molar refractivity (Wildman–Crippen MR) is 94.4 cm³/mol. The molecule has 0 aromatic carbocycles. The maximum Gasteiger partial charge on any atom is 0.410 e. The lowest BCUT2D eigenvalue weighted by atomic mass is 9.98. The van der Waals surface area contributed by atoms with Crippen LogP contribution in [0.15, 0.2) is 10.6 Å². The molecule has 3 aliphatic rings. The van der Waals surface area contributed by atoms with E-state index in [1.807, 2.05) is 20.8 Å². The number of hydroxylamine groups is 2. The van der Waals surface area contributed by atoms with Gasteiger partial charge in [0.05, 0.1) is 31.3 Å². The van der Waals surface area contributed by atoms with Crippen LogP contribution >= 0.6 is 0 Å². The Labute approximate surface area is 162 Å². The maximum atomic E-state index is 12.1. The van der Waals surface area contributed by atoms with Gasteiger partial charge >= 0.3 is 12.1 Å². The molecule has 3 aliphatic heterocycles. The van der Waals surface area contributed by atoms with E-state index in [4.69, 9.17) is 14.0 Å². The van der Waals surface area contributed by atoms with Gasteiger partial charge in [0, 0.05) is 12.6 Å². The summed E-state index contributed by atoms with van der Waals surface area (Å²) in [6.45, 7) is 7.21. The molecule has 154 valence electrons. The predicted octanol–water partition coefficient (Wildman–Crippen LogP) is 2.14. The van der Waals surface area contributed by atoms with Gasteiger partial charge in [-0.05, 0) is 33.6 Å². The topological polar surface area (TPSA) is 109 Å². The summed E-state index contributed by atoms with van der Waals surface area (Å²) >= 11 is 0. The van der Waals surface area contributed by atoms with E-state index in [1.54, 1.807) is 15.9 Å². The van der Waals surface area contributed by atoms with Crippen molar-refractivity contribution in [2.24, 2.45) is 0 Å². The number of likely N-dealkylation sites (tertiary alicyclic amines) is 1. The van der Waals surface area contributed by atoms with Gasteiger partial charge in [-0.2, -0.15) is 0 Å². The quantitative estimate of drug-likeness (QED) is 0.779. The summed E-state index contributed by atoms with van der Waals surface area (Å²) in [5, 5.41) is 14.7. The molecule has 0 aliphatic carbocycles. The fourth-order valence-electron chi connectivity index (χ4n) is 3.73. The van der Waals surface area contributed by atoms with Crippen molar-refractivity contribution in [2.45, 2.75) is 64.0 Å². The van der Waals surface area contributed by atoms with Gasteiger partial charge in [-0.1, -0.05) is 5.16 Å². The Hall–Kier alpha value is -2.33. The van der Waals surface area contributed by atoms with Crippen LogP contribution in [0.5, 0.6) is 0 Å². The van der Waals surface area contributed by atoms with Crippen LogP contribution < -0.4 is 0 Å². The minimum Gasteiger partial charge on any atom is -0.444 e. The molecule has 1 aromatic heterocycles. The molecule has 10 heteroatoms. The van der Waals surface area contributed by atoms with Gasteiger partial charge in [-0.25, -0.2) is 14.7 Å². The standard InChI is InChI=1S/C18H26N4O6/c1-18(2,3)27-17(24)20-8-13(9-20)26-10-12-6-14(19-28-12)15-5-4-11-7-21(15)16(23)22(11)25/h6,11,13,15,25H,4-5,7-10H2,1-3H3/t11?,15-/m0/s1. The van der Waals surface area contributed by atoms with Gasteiger partial charge in [-0.15, -0.1) is 0 Å². The molecular weight excluding hydrogens is 368 g/mol. The first-order valence-electron chi connectivity index (χ1n) is 9.55. The SMILES string of the molecule is CC(C)(C)OC(=O)N1CC(OCc2cc([C@@H]3CCC4CN3C(=O)N4O)no2)C1. The van der Waals surface area contributed by atoms with Gasteiger partial charge in [0.15, 0.2) is 5.76 Å². The summed E-state index contributed by atoms with van der Waals surface area (Å²) in [6, 6.07) is 1.09. The second kappa shape index (κ2) is 6.93. The zero-order valence-corrected chi connectivity index (χ0v) is 16.3. The average Bonchev–Trinajstić information content (AvgIpc) is 3.13. The zero-order chi connectivity index (χ0) is 20.1. The molecule has 2 bridgehead atoms. The highest BCUT2D eigenvalue weighted by Gasteiger charge is 2.45. The zero-order valence-electron chi connectivity index (χ0n) is 16.3. The first kappa shape index (κ1) is 19.0. The van der Waals surface area contributed by atoms with Crippen molar-refractivity contribution < 1.29 is 28.8 Å². The van der Waals surface area contributed by atoms with E-state index < -0.39 is 5.60 Å². The number of amides is 3. The van der Waals surface area contributed by atoms with Crippen molar-refractivity contribution in [3.8, 4) is 0 Å². The van der Waals surface area contributed by atoms with Crippen LogP contribution in [0.3, 0.4) is 0 Å². The smallest absolute Gasteiger partial charge is 0.410 e. The summed E-state index contributed by atoms with van der Waals surface area (Å²) in [6.07, 6.45) is 1.05. The number of hydrogen-bond acceptors (Lipinski definition) is 7. The van der Waals surface area contributed by atoms with Crippen LogP contribution in [0.2, 0.25) is 0 Å². The van der Waals surface area contributed by atoms with E-state index in [0.29, 0.717) is 31.1 Å². The summed E-state index contributed by atoms with van der Waals surface area (Å²) in [5.41, 5.74) is 0.159. The molecular formula is C18H26N4O6. The molecule has 0 radical (unpaired) electrons. The number of nitrogens with zero attached hydrogens (tertiary/aromatic N) is 4. The third kappa shape index (κ3) is 3.66. The van der Waals surface area contributed by atoms with Gasteiger partial charge in [0.1, 0.15) is 17.9 Å². The summed E-state index contributed by atoms with van der Waals surface area (Å²) in [4.78, 5) is 27.2. The first-order chi connectivity index (χ1) is 13.2. The molecule has 10 nitrogen and oxygen atoms in total. The van der Waals surface area contributed by atoms with E-state index in [0.717, 1.165) is 17.9 Å². The van der Waals surface area contributed by atoms with E-state index >= 15 is 0 Å². The van der Waals surface area contributed by atoms with Crippen molar-refractivity contribution in [1.29, 1.82) is 0 Å². The Morgan fingerprint density at radius 2 is 2.07 bits per heavy atom. The number of ether oxygens (including phenoxy) is 2. The normalized spacial score (nSPS) is 25.3. The lowest BCUT2D eigenvalue weighted by Crippen LogP contribution is -2.55. The molecule has 4 rings (SSSR count). The number of piperidine rings is 1. The molecule has 4 heterocycles. The van der Waals surface area contributed by atoms with Crippen LogP contribution in [0.4, 0.5) is 9.59 Å². The maximum absolute atomic E-state index is 12.1. The Morgan fingerprint density at radius 3 is 2.79 bits per heavy atom. The highest BCUT2D eigenvalue weighted by Crippen LogP contribution is 2.37. The molecule has 0 spiro atoms. The number of carbonyl (C=O) groups excluding carboxylic acids is 2. The molecule has 1 N–H and O–H groups in total. The molecule has 2 atom stereocenters. The van der Waals surface area contributed by atoms with Crippen LogP contribution in [0.25, 0.3) is 0 Å². The van der Waals surface area contributed by atoms with E-state index in [1.165, 1.54) is 0 Å². The number of carbonyl (C=O) groups is 2. The molecule has 3 amide bonds. The second-order valence-corrected chi connectivity index (χ2v) is 8.56. The Bertz CT molecular complexity index is 754. The van der Waals surface area contributed by atoms with Gasteiger partial charge in [0.25, 0.3) is 0 Å². The fraction of sp³-hybridized carbons (Fsp3) is 0.722. The number of fused-ring (bicyclic) bond motifs is 2. The van der Waals surface area contributed by atoms with Crippen molar-refractivity contribution in [3.63, 3.8) is 0 Å². The lowest BCUT2D eigenvalue weighted by molar-refractivity contribution is -0.0730. The van der Waals surface area contributed by atoms with Crippen molar-refractivity contribution in [3.05, 3.63) is 17.5 Å². The van der Waals surface area contributed by atoms with Crippen molar-refractivity contribution in [2.75, 3.05) is 19.6 Å². The third-order valence-electron chi connectivity index (χ3n) is 5.22. The molecule has 28 heavy (non-hydrogen) atoms. The van der Waals surface area contributed by atoms with E-state index in [-0.39, 0.29) is 36.9 Å². The molecule has 3 saturated heterocycles. The number of urea groups is 1. The Morgan fingerprint density at radius 1 is 1.32 bits per heavy atom. The Kier molecular flexibility index (Phi) is 4.70. The van der Waals surface area contributed by atoms with Crippen molar-refractivity contribution in [1.82, 2.24) is 20.0 Å². The molecule has 1 unspecified atom stereocenters. The molecule has 1 aromatic rings. The third-order valence-corrected chi connectivity index (χ3v) is 5.22.